The molecule has 1 N–H and O–H groups in total. The molecule has 1 unspecified atom stereocenters. The summed E-state index contributed by atoms with van der Waals surface area (Å²) in [5, 5.41) is 9.52. The van der Waals surface area contributed by atoms with E-state index in [1.807, 2.05) is 0 Å². The summed E-state index contributed by atoms with van der Waals surface area (Å²) in [5.41, 5.74) is 0.181. The van der Waals surface area contributed by atoms with E-state index in [4.69, 9.17) is 14.3 Å². The molecule has 0 saturated carbocycles. The van der Waals surface area contributed by atoms with Gasteiger partial charge in [0, 0.05) is 6.42 Å². The van der Waals surface area contributed by atoms with Crippen molar-refractivity contribution in [1.29, 1.82) is 0 Å². The molecule has 0 saturated heterocycles. The quantitative estimate of drug-likeness (QED) is 0.747. The highest BCUT2D eigenvalue weighted by Crippen LogP contribution is 2.33. The summed E-state index contributed by atoms with van der Waals surface area (Å²) in [6, 6.07) is 6.90. The minimum atomic E-state index is -1.08. The maximum absolute atomic E-state index is 11.7. The Labute approximate surface area is 95.2 Å². The predicted octanol–water partition coefficient (Wildman–Crippen LogP) is 1.18. The number of benzene rings is 1. The minimum absolute atomic E-state index is 0.0534. The third-order valence-electron chi connectivity index (χ3n) is 2.78. The van der Waals surface area contributed by atoms with Gasteiger partial charge in [-0.05, 0) is 12.1 Å². The molecule has 1 aromatic heterocycles. The Morgan fingerprint density at radius 3 is 2.88 bits per heavy atom. The first-order chi connectivity index (χ1) is 8.16. The molecule has 5 heteroatoms. The zero-order valence-corrected chi connectivity index (χ0v) is 8.67. The van der Waals surface area contributed by atoms with Crippen LogP contribution < -0.4 is 10.4 Å². The van der Waals surface area contributed by atoms with Crippen molar-refractivity contribution < 1.29 is 19.1 Å². The summed E-state index contributed by atoms with van der Waals surface area (Å²) in [5.74, 6) is -0.742. The lowest BCUT2D eigenvalue weighted by Gasteiger charge is -2.05. The van der Waals surface area contributed by atoms with Gasteiger partial charge in [0.15, 0.2) is 6.10 Å². The number of ether oxygens (including phenoxy) is 1. The molecule has 86 valence electrons. The fourth-order valence-corrected chi connectivity index (χ4v) is 1.98. The van der Waals surface area contributed by atoms with Gasteiger partial charge < -0.3 is 14.3 Å². The Balaban J connectivity index is 2.27. The molecule has 3 rings (SSSR count). The Kier molecular flexibility index (Phi) is 1.95. The Bertz CT molecular complexity index is 670. The molecule has 0 fully saturated rings. The molecule has 1 aliphatic rings. The average Bonchev–Trinajstić information content (AvgIpc) is 2.75. The maximum atomic E-state index is 11.7. The van der Waals surface area contributed by atoms with Crippen LogP contribution in [0.4, 0.5) is 0 Å². The van der Waals surface area contributed by atoms with Crippen molar-refractivity contribution in [3.8, 4) is 5.75 Å². The first-order valence-electron chi connectivity index (χ1n) is 5.11. The molecular formula is C12H8O5. The summed E-state index contributed by atoms with van der Waals surface area (Å²) in [4.78, 5) is 22.5. The van der Waals surface area contributed by atoms with E-state index in [-0.39, 0.29) is 6.42 Å². The second-order valence-electron chi connectivity index (χ2n) is 3.84. The number of rotatable bonds is 1. The van der Waals surface area contributed by atoms with Gasteiger partial charge in [0.05, 0.1) is 10.9 Å². The summed E-state index contributed by atoms with van der Waals surface area (Å²) < 4.78 is 10.4. The van der Waals surface area contributed by atoms with Crippen LogP contribution in [0.2, 0.25) is 0 Å². The van der Waals surface area contributed by atoms with Gasteiger partial charge in [-0.3, -0.25) is 0 Å². The Hall–Kier alpha value is -2.30. The van der Waals surface area contributed by atoms with Crippen LogP contribution in [0.1, 0.15) is 5.56 Å². The molecule has 2 heterocycles. The molecule has 5 nitrogen and oxygen atoms in total. The molecule has 17 heavy (non-hydrogen) atoms. The van der Waals surface area contributed by atoms with Gasteiger partial charge in [0.25, 0.3) is 0 Å². The largest absolute Gasteiger partial charge is 0.478 e. The van der Waals surface area contributed by atoms with E-state index < -0.39 is 17.7 Å². The topological polar surface area (TPSA) is 76.7 Å². The summed E-state index contributed by atoms with van der Waals surface area (Å²) in [6.07, 6.45) is -0.948. The molecule has 0 spiro atoms. The molecule has 1 aliphatic heterocycles. The van der Waals surface area contributed by atoms with Crippen molar-refractivity contribution in [1.82, 2.24) is 0 Å². The van der Waals surface area contributed by atoms with E-state index >= 15 is 0 Å². The van der Waals surface area contributed by atoms with Crippen LogP contribution in [0, 0.1) is 0 Å². The highest BCUT2D eigenvalue weighted by Gasteiger charge is 2.33. The fraction of sp³-hybridized carbons (Fsp3) is 0.167. The van der Waals surface area contributed by atoms with Crippen LogP contribution in [0.25, 0.3) is 11.0 Å². The average molecular weight is 232 g/mol. The van der Waals surface area contributed by atoms with Gasteiger partial charge in [-0.2, -0.15) is 0 Å². The smallest absolute Gasteiger partial charge is 0.345 e. The van der Waals surface area contributed by atoms with E-state index in [1.165, 1.54) is 0 Å². The normalized spacial score (nSPS) is 17.8. The van der Waals surface area contributed by atoms with Gasteiger partial charge in [-0.25, -0.2) is 9.59 Å². The minimum Gasteiger partial charge on any atom is -0.478 e. The molecule has 2 aromatic rings. The van der Waals surface area contributed by atoms with E-state index in [0.717, 1.165) is 0 Å². The van der Waals surface area contributed by atoms with E-state index in [0.29, 0.717) is 22.3 Å². The van der Waals surface area contributed by atoms with Gasteiger partial charge in [0.1, 0.15) is 11.3 Å². The van der Waals surface area contributed by atoms with Crippen LogP contribution in [-0.2, 0) is 11.2 Å². The van der Waals surface area contributed by atoms with Gasteiger partial charge in [-0.1, -0.05) is 12.1 Å². The Morgan fingerprint density at radius 1 is 1.35 bits per heavy atom. The second kappa shape index (κ2) is 3.35. The highest BCUT2D eigenvalue weighted by molar-refractivity contribution is 5.86. The van der Waals surface area contributed by atoms with Crippen molar-refractivity contribution in [3.05, 3.63) is 40.2 Å². The van der Waals surface area contributed by atoms with E-state index in [1.54, 1.807) is 24.3 Å². The molecular weight excluding hydrogens is 224 g/mol. The van der Waals surface area contributed by atoms with Gasteiger partial charge >= 0.3 is 11.6 Å². The highest BCUT2D eigenvalue weighted by atomic mass is 16.5. The number of hydrogen-bond donors (Lipinski definition) is 1. The lowest BCUT2D eigenvalue weighted by molar-refractivity contribution is -0.144. The van der Waals surface area contributed by atoms with Crippen LogP contribution >= 0.6 is 0 Å². The lowest BCUT2D eigenvalue weighted by atomic mass is 10.1. The lowest BCUT2D eigenvalue weighted by Crippen LogP contribution is -2.24. The summed E-state index contributed by atoms with van der Waals surface area (Å²) in [6.45, 7) is 0. The van der Waals surface area contributed by atoms with Gasteiger partial charge in [-0.15, -0.1) is 0 Å². The zero-order chi connectivity index (χ0) is 12.0. The van der Waals surface area contributed by atoms with Gasteiger partial charge in [0.2, 0.25) is 0 Å². The van der Waals surface area contributed by atoms with E-state index in [2.05, 4.69) is 0 Å². The number of carboxylic acids is 1. The number of carbonyl (C=O) groups is 1. The first kappa shape index (κ1) is 9.89. The second-order valence-corrected chi connectivity index (χ2v) is 3.84. The molecule has 0 aliphatic carbocycles. The summed E-state index contributed by atoms with van der Waals surface area (Å²) in [7, 11) is 0. The molecule has 0 amide bonds. The third-order valence-corrected chi connectivity index (χ3v) is 2.78. The van der Waals surface area contributed by atoms with Crippen LogP contribution in [-0.4, -0.2) is 17.2 Å². The van der Waals surface area contributed by atoms with E-state index in [9.17, 15) is 9.59 Å². The molecule has 1 atom stereocenters. The Morgan fingerprint density at radius 2 is 2.12 bits per heavy atom. The monoisotopic (exact) mass is 232 g/mol. The maximum Gasteiger partial charge on any atom is 0.345 e. The van der Waals surface area contributed by atoms with Crippen molar-refractivity contribution in [2.24, 2.45) is 0 Å². The van der Waals surface area contributed by atoms with Crippen molar-refractivity contribution in [3.63, 3.8) is 0 Å². The van der Waals surface area contributed by atoms with Crippen LogP contribution in [0.5, 0.6) is 5.75 Å². The van der Waals surface area contributed by atoms with Crippen molar-refractivity contribution in [2.45, 2.75) is 12.5 Å². The number of aliphatic carboxylic acids is 1. The number of hydrogen-bond acceptors (Lipinski definition) is 4. The number of para-hydroxylation sites is 1. The van der Waals surface area contributed by atoms with Crippen molar-refractivity contribution >= 4 is 16.9 Å². The molecule has 0 radical (unpaired) electrons. The summed E-state index contributed by atoms with van der Waals surface area (Å²) >= 11 is 0. The first-order valence-corrected chi connectivity index (χ1v) is 5.11. The predicted molar refractivity (Wildman–Crippen MR) is 58.2 cm³/mol. The number of carboxylic acid groups (broad SMARTS) is 1. The van der Waals surface area contributed by atoms with Crippen LogP contribution in [0.3, 0.4) is 0 Å². The standard InChI is InChI=1S/C12H8O5/c13-11(14)9-5-7-10(16-9)6-3-1-2-4-8(6)17-12(7)15/h1-4,9H,5H2,(H,13,14). The van der Waals surface area contributed by atoms with Crippen LogP contribution in [0.15, 0.2) is 33.5 Å². The molecule has 0 bridgehead atoms. The SMILES string of the molecule is O=C(O)C1Cc2c(c3ccccc3oc2=O)O1. The van der Waals surface area contributed by atoms with Crippen molar-refractivity contribution in [2.75, 3.05) is 0 Å². The third kappa shape index (κ3) is 1.39. The zero-order valence-electron chi connectivity index (χ0n) is 8.67. The molecule has 1 aromatic carbocycles. The fourth-order valence-electron chi connectivity index (χ4n) is 1.98. The number of fused-ring (bicyclic) bond motifs is 3.